The van der Waals surface area contributed by atoms with Gasteiger partial charge in [-0.1, -0.05) is 62.2 Å². The molecule has 0 amide bonds. The van der Waals surface area contributed by atoms with Crippen LogP contribution in [0.2, 0.25) is 0 Å². The minimum atomic E-state index is -0.982. The Morgan fingerprint density at radius 2 is 1.27 bits per heavy atom. The van der Waals surface area contributed by atoms with Gasteiger partial charge in [-0.2, -0.15) is 0 Å². The molecule has 0 fully saturated rings. The second-order valence-corrected chi connectivity index (χ2v) is 6.48. The lowest BCUT2D eigenvalue weighted by atomic mass is 9.98. The lowest BCUT2D eigenvalue weighted by molar-refractivity contribution is 0.509. The van der Waals surface area contributed by atoms with E-state index in [1.165, 1.54) is 37.0 Å². The molecule has 0 N–H and O–H groups in total. The van der Waals surface area contributed by atoms with Gasteiger partial charge >= 0.3 is 0 Å². The highest BCUT2D eigenvalue weighted by atomic mass is 19.2. The zero-order chi connectivity index (χ0) is 18.5. The molecule has 0 nitrogen and oxygen atoms in total. The van der Waals surface area contributed by atoms with Crippen LogP contribution in [0, 0.1) is 17.5 Å². The van der Waals surface area contributed by atoms with E-state index < -0.39 is 17.5 Å². The van der Waals surface area contributed by atoms with Gasteiger partial charge in [0.15, 0.2) is 11.6 Å². The summed E-state index contributed by atoms with van der Waals surface area (Å²) < 4.78 is 41.0. The molecule has 0 atom stereocenters. The Hall–Kier alpha value is -2.55. The van der Waals surface area contributed by atoms with Crippen LogP contribution in [-0.4, -0.2) is 0 Å². The predicted molar refractivity (Wildman–Crippen MR) is 100 cm³/mol. The molecule has 26 heavy (non-hydrogen) atoms. The predicted octanol–water partition coefficient (Wildman–Crippen LogP) is 7.17. The largest absolute Gasteiger partial charge is 0.206 e. The van der Waals surface area contributed by atoms with Gasteiger partial charge in [0.05, 0.1) is 0 Å². The van der Waals surface area contributed by atoms with Crippen molar-refractivity contribution in [3.05, 3.63) is 83.7 Å². The Labute approximate surface area is 152 Å². The molecule has 0 aromatic heterocycles. The fraction of sp³-hybridized carbons (Fsp3) is 0.217. The number of unbranched alkanes of at least 4 members (excludes halogenated alkanes) is 2. The monoisotopic (exact) mass is 354 g/mol. The van der Waals surface area contributed by atoms with Gasteiger partial charge in [-0.25, -0.2) is 13.2 Å². The molecule has 0 aliphatic rings. The second-order valence-electron chi connectivity index (χ2n) is 6.48. The van der Waals surface area contributed by atoms with Gasteiger partial charge in [-0.05, 0) is 53.3 Å². The van der Waals surface area contributed by atoms with Crippen molar-refractivity contribution < 1.29 is 13.2 Å². The highest BCUT2D eigenvalue weighted by Gasteiger charge is 2.10. The van der Waals surface area contributed by atoms with Crippen LogP contribution in [0.25, 0.3) is 22.3 Å². The van der Waals surface area contributed by atoms with Crippen molar-refractivity contribution in [1.29, 1.82) is 0 Å². The van der Waals surface area contributed by atoms with E-state index in [4.69, 9.17) is 0 Å². The van der Waals surface area contributed by atoms with Gasteiger partial charge in [-0.3, -0.25) is 0 Å². The fourth-order valence-electron chi connectivity index (χ4n) is 3.04. The summed E-state index contributed by atoms with van der Waals surface area (Å²) in [5, 5.41) is 0. The maximum Gasteiger partial charge on any atom is 0.159 e. The third-order valence-corrected chi connectivity index (χ3v) is 4.56. The number of hydrogen-bond donors (Lipinski definition) is 0. The molecule has 0 saturated heterocycles. The van der Waals surface area contributed by atoms with Crippen LogP contribution in [-0.2, 0) is 6.42 Å². The van der Waals surface area contributed by atoms with Crippen molar-refractivity contribution in [2.75, 3.05) is 0 Å². The minimum Gasteiger partial charge on any atom is -0.206 e. The Bertz CT molecular complexity index is 882. The van der Waals surface area contributed by atoms with Gasteiger partial charge in [0.2, 0.25) is 0 Å². The van der Waals surface area contributed by atoms with E-state index in [2.05, 4.69) is 19.1 Å². The number of hydrogen-bond acceptors (Lipinski definition) is 0. The lowest BCUT2D eigenvalue weighted by Crippen LogP contribution is -1.90. The zero-order valence-corrected chi connectivity index (χ0v) is 14.7. The normalized spacial score (nSPS) is 10.9. The van der Waals surface area contributed by atoms with E-state index in [1.54, 1.807) is 12.1 Å². The average Bonchev–Trinajstić information content (AvgIpc) is 2.65. The molecule has 0 unspecified atom stereocenters. The Balaban J connectivity index is 1.81. The summed E-state index contributed by atoms with van der Waals surface area (Å²) >= 11 is 0. The van der Waals surface area contributed by atoms with Crippen LogP contribution in [0.3, 0.4) is 0 Å². The van der Waals surface area contributed by atoms with E-state index in [0.717, 1.165) is 29.7 Å². The molecule has 0 bridgehead atoms. The summed E-state index contributed by atoms with van der Waals surface area (Å²) in [6.45, 7) is 2.18. The van der Waals surface area contributed by atoms with E-state index >= 15 is 0 Å². The van der Waals surface area contributed by atoms with E-state index in [9.17, 15) is 13.2 Å². The second kappa shape index (κ2) is 8.22. The smallest absolute Gasteiger partial charge is 0.159 e. The van der Waals surface area contributed by atoms with Gasteiger partial charge in [0, 0.05) is 5.56 Å². The van der Waals surface area contributed by atoms with E-state index in [-0.39, 0.29) is 5.56 Å². The molecular formula is C23H21F3. The molecular weight excluding hydrogens is 333 g/mol. The third kappa shape index (κ3) is 4.16. The summed E-state index contributed by atoms with van der Waals surface area (Å²) in [7, 11) is 0. The van der Waals surface area contributed by atoms with Gasteiger partial charge in [-0.15, -0.1) is 0 Å². The van der Waals surface area contributed by atoms with Crippen LogP contribution >= 0.6 is 0 Å². The summed E-state index contributed by atoms with van der Waals surface area (Å²) in [6, 6.07) is 16.4. The molecule has 0 saturated carbocycles. The molecule has 0 aliphatic carbocycles. The molecule has 3 aromatic rings. The molecule has 3 rings (SSSR count). The van der Waals surface area contributed by atoms with Crippen molar-refractivity contribution >= 4 is 0 Å². The van der Waals surface area contributed by atoms with Gasteiger partial charge in [0.1, 0.15) is 5.82 Å². The topological polar surface area (TPSA) is 0 Å². The summed E-state index contributed by atoms with van der Waals surface area (Å²) in [6.07, 6.45) is 4.64. The highest BCUT2D eigenvalue weighted by Crippen LogP contribution is 2.29. The maximum atomic E-state index is 14.5. The number of halogens is 3. The van der Waals surface area contributed by atoms with Crippen molar-refractivity contribution in [1.82, 2.24) is 0 Å². The van der Waals surface area contributed by atoms with Gasteiger partial charge < -0.3 is 0 Å². The molecule has 3 heteroatoms. The van der Waals surface area contributed by atoms with Gasteiger partial charge in [0.25, 0.3) is 0 Å². The Morgan fingerprint density at radius 3 is 1.92 bits per heavy atom. The van der Waals surface area contributed by atoms with Crippen molar-refractivity contribution in [2.24, 2.45) is 0 Å². The third-order valence-electron chi connectivity index (χ3n) is 4.56. The quantitative estimate of drug-likeness (QED) is 0.412. The molecule has 0 heterocycles. The fourth-order valence-corrected chi connectivity index (χ4v) is 3.04. The van der Waals surface area contributed by atoms with Crippen molar-refractivity contribution in [2.45, 2.75) is 32.6 Å². The summed E-state index contributed by atoms with van der Waals surface area (Å²) in [5.41, 5.74) is 3.54. The first kappa shape index (κ1) is 18.2. The number of aryl methyl sites for hydroxylation is 1. The minimum absolute atomic E-state index is 0.254. The zero-order valence-electron chi connectivity index (χ0n) is 14.7. The first-order valence-electron chi connectivity index (χ1n) is 8.93. The standard InChI is InChI=1S/C23H21F3/c1-2-3-4-5-16-6-8-17(9-7-16)18-10-12-20(22(25)14-18)19-11-13-21(24)23(26)15-19/h6-15H,2-5H2,1H3. The summed E-state index contributed by atoms with van der Waals surface area (Å²) in [5.74, 6) is -2.38. The SMILES string of the molecule is CCCCCc1ccc(-c2ccc(-c3ccc(F)c(F)c3)c(F)c2)cc1. The van der Waals surface area contributed by atoms with Crippen molar-refractivity contribution in [3.8, 4) is 22.3 Å². The first-order chi connectivity index (χ1) is 12.6. The van der Waals surface area contributed by atoms with Crippen LogP contribution in [0.1, 0.15) is 31.7 Å². The number of benzene rings is 3. The Kier molecular flexibility index (Phi) is 5.77. The molecule has 0 aliphatic heterocycles. The Morgan fingerprint density at radius 1 is 0.615 bits per heavy atom. The lowest BCUT2D eigenvalue weighted by Gasteiger charge is -2.08. The molecule has 134 valence electrons. The number of rotatable bonds is 6. The highest BCUT2D eigenvalue weighted by molar-refractivity contribution is 5.71. The first-order valence-corrected chi connectivity index (χ1v) is 8.93. The van der Waals surface area contributed by atoms with Crippen LogP contribution in [0.5, 0.6) is 0 Å². The van der Waals surface area contributed by atoms with Crippen LogP contribution in [0.4, 0.5) is 13.2 Å². The van der Waals surface area contributed by atoms with Crippen LogP contribution < -0.4 is 0 Å². The molecule has 3 aromatic carbocycles. The summed E-state index contributed by atoms with van der Waals surface area (Å²) in [4.78, 5) is 0. The van der Waals surface area contributed by atoms with E-state index in [1.807, 2.05) is 12.1 Å². The van der Waals surface area contributed by atoms with Crippen molar-refractivity contribution in [3.63, 3.8) is 0 Å². The molecule has 0 radical (unpaired) electrons. The maximum absolute atomic E-state index is 14.5. The molecule has 0 spiro atoms. The van der Waals surface area contributed by atoms with E-state index in [0.29, 0.717) is 5.56 Å². The van der Waals surface area contributed by atoms with Crippen LogP contribution in [0.15, 0.2) is 60.7 Å². The average molecular weight is 354 g/mol.